The third kappa shape index (κ3) is 5.74. The summed E-state index contributed by atoms with van der Waals surface area (Å²) in [4.78, 5) is 1.03. The summed E-state index contributed by atoms with van der Waals surface area (Å²) in [5, 5.41) is 0. The Morgan fingerprint density at radius 1 is 1.37 bits per heavy atom. The summed E-state index contributed by atoms with van der Waals surface area (Å²) in [6.45, 7) is 5.85. The minimum Gasteiger partial charge on any atom is -0.397 e. The highest BCUT2D eigenvalue weighted by molar-refractivity contribution is 7.99. The Balaban J connectivity index is 2.87. The number of hydrogen-bond donors (Lipinski definition) is 2. The van der Waals surface area contributed by atoms with E-state index in [4.69, 9.17) is 5.73 Å². The molecular weight excluding hydrogens is 280 g/mol. The van der Waals surface area contributed by atoms with Crippen LogP contribution in [0.5, 0.6) is 0 Å². The molecule has 3 N–H and O–H groups in total. The number of hydrogen-bond acceptors (Lipinski definition) is 4. The fraction of sp³-hybridized carbons (Fsp3) is 0.538. The summed E-state index contributed by atoms with van der Waals surface area (Å²) in [6, 6.07) is 5.45. The first kappa shape index (κ1) is 16.2. The summed E-state index contributed by atoms with van der Waals surface area (Å²) in [7, 11) is -3.33. The molecule has 0 saturated carbocycles. The van der Waals surface area contributed by atoms with Crippen molar-refractivity contribution in [2.45, 2.75) is 32.1 Å². The topological polar surface area (TPSA) is 72.2 Å². The summed E-state index contributed by atoms with van der Waals surface area (Å²) >= 11 is 1.69. The van der Waals surface area contributed by atoms with Crippen molar-refractivity contribution >= 4 is 33.2 Å². The normalized spacial score (nSPS) is 11.8. The van der Waals surface area contributed by atoms with Gasteiger partial charge in [-0.1, -0.05) is 20.8 Å². The van der Waals surface area contributed by atoms with Crippen molar-refractivity contribution in [3.8, 4) is 0 Å². The van der Waals surface area contributed by atoms with Crippen LogP contribution >= 0.6 is 11.8 Å². The molecule has 1 rings (SSSR count). The zero-order chi connectivity index (χ0) is 14.5. The molecule has 0 bridgehead atoms. The van der Waals surface area contributed by atoms with Gasteiger partial charge in [-0.2, -0.15) is 0 Å². The van der Waals surface area contributed by atoms with Gasteiger partial charge in [-0.3, -0.25) is 4.72 Å². The van der Waals surface area contributed by atoms with Gasteiger partial charge in [-0.05, 0) is 36.3 Å². The lowest BCUT2D eigenvalue weighted by molar-refractivity contribution is 0.587. The Hall–Kier alpha value is -0.880. The van der Waals surface area contributed by atoms with Crippen molar-refractivity contribution in [1.82, 2.24) is 0 Å². The number of benzene rings is 1. The van der Waals surface area contributed by atoms with Gasteiger partial charge in [0, 0.05) is 4.90 Å². The van der Waals surface area contributed by atoms with Gasteiger partial charge >= 0.3 is 0 Å². The lowest BCUT2D eigenvalue weighted by atomic mass is 10.3. The van der Waals surface area contributed by atoms with Crippen LogP contribution in [0.1, 0.15) is 27.2 Å². The number of rotatable bonds is 7. The molecule has 0 spiro atoms. The maximum atomic E-state index is 11.9. The quantitative estimate of drug-likeness (QED) is 0.599. The number of nitrogens with two attached hydrogens (primary N) is 1. The van der Waals surface area contributed by atoms with Crippen LogP contribution in [0.3, 0.4) is 0 Å². The van der Waals surface area contributed by atoms with Crippen molar-refractivity contribution < 1.29 is 8.42 Å². The summed E-state index contributed by atoms with van der Waals surface area (Å²) in [5.41, 5.74) is 6.75. The highest BCUT2D eigenvalue weighted by Crippen LogP contribution is 2.27. The van der Waals surface area contributed by atoms with E-state index in [9.17, 15) is 8.42 Å². The molecule has 0 fully saturated rings. The second-order valence-corrected chi connectivity index (χ2v) is 7.81. The molecule has 0 atom stereocenters. The van der Waals surface area contributed by atoms with Crippen LogP contribution < -0.4 is 10.5 Å². The van der Waals surface area contributed by atoms with E-state index in [-0.39, 0.29) is 11.7 Å². The van der Waals surface area contributed by atoms with Gasteiger partial charge in [-0.15, -0.1) is 11.8 Å². The molecule has 0 aromatic heterocycles. The van der Waals surface area contributed by atoms with Crippen LogP contribution in [0.15, 0.2) is 23.1 Å². The third-order valence-corrected chi connectivity index (χ3v) is 5.15. The Bertz CT molecular complexity index is 513. The van der Waals surface area contributed by atoms with Gasteiger partial charge in [-0.25, -0.2) is 8.42 Å². The van der Waals surface area contributed by atoms with Crippen LogP contribution in [0.2, 0.25) is 0 Å². The molecule has 0 unspecified atom stereocenters. The SMILES string of the molecule is CCCSc1ccc(N)c(NS(=O)(=O)CC(C)C)c1. The predicted octanol–water partition coefficient (Wildman–Crippen LogP) is 3.17. The van der Waals surface area contributed by atoms with E-state index in [0.717, 1.165) is 17.1 Å². The van der Waals surface area contributed by atoms with Crippen LogP contribution in [-0.4, -0.2) is 19.9 Å². The molecule has 19 heavy (non-hydrogen) atoms. The van der Waals surface area contributed by atoms with Crippen molar-refractivity contribution in [3.05, 3.63) is 18.2 Å². The van der Waals surface area contributed by atoms with Gasteiger partial charge in [0.1, 0.15) is 0 Å². The van der Waals surface area contributed by atoms with Gasteiger partial charge in [0.2, 0.25) is 10.0 Å². The first-order chi connectivity index (χ1) is 8.84. The molecule has 0 amide bonds. The fourth-order valence-corrected chi connectivity index (χ4v) is 3.86. The molecule has 0 radical (unpaired) electrons. The number of anilines is 2. The summed E-state index contributed by atoms with van der Waals surface area (Å²) in [6.07, 6.45) is 1.07. The molecule has 0 aliphatic heterocycles. The van der Waals surface area contributed by atoms with E-state index < -0.39 is 10.0 Å². The highest BCUT2D eigenvalue weighted by atomic mass is 32.2. The zero-order valence-corrected chi connectivity index (χ0v) is 13.3. The second kappa shape index (κ2) is 7.05. The largest absolute Gasteiger partial charge is 0.397 e. The van der Waals surface area contributed by atoms with E-state index in [2.05, 4.69) is 11.6 Å². The van der Waals surface area contributed by atoms with E-state index in [1.54, 1.807) is 23.9 Å². The summed E-state index contributed by atoms with van der Waals surface area (Å²) in [5.74, 6) is 1.18. The van der Waals surface area contributed by atoms with Gasteiger partial charge in [0.25, 0.3) is 0 Å². The lowest BCUT2D eigenvalue weighted by Gasteiger charge is -2.13. The van der Waals surface area contributed by atoms with Crippen molar-refractivity contribution in [1.29, 1.82) is 0 Å². The molecule has 0 saturated heterocycles. The van der Waals surface area contributed by atoms with Crippen LogP contribution in [0.4, 0.5) is 11.4 Å². The number of nitrogens with one attached hydrogen (secondary N) is 1. The Labute approximate surface area is 120 Å². The zero-order valence-electron chi connectivity index (χ0n) is 11.6. The first-order valence-electron chi connectivity index (χ1n) is 6.37. The lowest BCUT2D eigenvalue weighted by Crippen LogP contribution is -2.20. The van der Waals surface area contributed by atoms with Crippen molar-refractivity contribution in [2.24, 2.45) is 5.92 Å². The van der Waals surface area contributed by atoms with E-state index in [0.29, 0.717) is 11.4 Å². The van der Waals surface area contributed by atoms with Crippen molar-refractivity contribution in [2.75, 3.05) is 22.0 Å². The molecule has 1 aromatic rings. The van der Waals surface area contributed by atoms with E-state index in [1.807, 2.05) is 19.9 Å². The maximum Gasteiger partial charge on any atom is 0.233 e. The Morgan fingerprint density at radius 3 is 2.63 bits per heavy atom. The standard InChI is InChI=1S/C13H22N2O2S2/c1-4-7-18-11-5-6-12(14)13(8-11)15-19(16,17)9-10(2)3/h5-6,8,10,15H,4,7,9,14H2,1-3H3. The van der Waals surface area contributed by atoms with Gasteiger partial charge in [0.05, 0.1) is 17.1 Å². The van der Waals surface area contributed by atoms with Gasteiger partial charge < -0.3 is 5.73 Å². The molecule has 4 nitrogen and oxygen atoms in total. The first-order valence-corrected chi connectivity index (χ1v) is 9.00. The highest BCUT2D eigenvalue weighted by Gasteiger charge is 2.14. The smallest absolute Gasteiger partial charge is 0.233 e. The van der Waals surface area contributed by atoms with Crippen LogP contribution in [0, 0.1) is 5.92 Å². The van der Waals surface area contributed by atoms with Crippen LogP contribution in [0.25, 0.3) is 0 Å². The molecule has 108 valence electrons. The fourth-order valence-electron chi connectivity index (χ4n) is 1.58. The molecule has 0 heterocycles. The average Bonchev–Trinajstić information content (AvgIpc) is 2.28. The number of thioether (sulfide) groups is 1. The average molecular weight is 302 g/mol. The minimum absolute atomic E-state index is 0.0800. The second-order valence-electron chi connectivity index (χ2n) is 4.87. The predicted molar refractivity (Wildman–Crippen MR) is 84.1 cm³/mol. The van der Waals surface area contributed by atoms with Gasteiger partial charge in [0.15, 0.2) is 0 Å². The molecule has 6 heteroatoms. The third-order valence-electron chi connectivity index (χ3n) is 2.32. The maximum absolute atomic E-state index is 11.9. The molecule has 0 aliphatic carbocycles. The van der Waals surface area contributed by atoms with E-state index >= 15 is 0 Å². The number of nitrogen functional groups attached to an aromatic ring is 1. The van der Waals surface area contributed by atoms with E-state index in [1.165, 1.54) is 0 Å². The molecule has 0 aliphatic rings. The molecule has 1 aromatic carbocycles. The Kier molecular flexibility index (Phi) is 6.00. The monoisotopic (exact) mass is 302 g/mol. The van der Waals surface area contributed by atoms with Crippen LogP contribution in [-0.2, 0) is 10.0 Å². The Morgan fingerprint density at radius 2 is 2.05 bits per heavy atom. The van der Waals surface area contributed by atoms with Crippen molar-refractivity contribution in [3.63, 3.8) is 0 Å². The number of sulfonamides is 1. The minimum atomic E-state index is -3.33. The summed E-state index contributed by atoms with van der Waals surface area (Å²) < 4.78 is 26.4. The molecular formula is C13H22N2O2S2.